The van der Waals surface area contributed by atoms with E-state index in [1.54, 1.807) is 6.07 Å². The summed E-state index contributed by atoms with van der Waals surface area (Å²) in [6.07, 6.45) is 0. The molecule has 124 valence electrons. The fourth-order valence-corrected chi connectivity index (χ4v) is 2.63. The standard InChI is InChI=1S/C19H24F2N2/c1-14(16-7-5-4-6-8-16)23-19(2,3)13-22-12-15-9-10-17(20)18(21)11-15/h4-11,14,22-23H,12-13H2,1-3H3/t14-/m1/s1. The zero-order valence-corrected chi connectivity index (χ0v) is 13.9. The van der Waals surface area contributed by atoms with Crippen molar-refractivity contribution in [1.82, 2.24) is 10.6 Å². The highest BCUT2D eigenvalue weighted by molar-refractivity contribution is 5.19. The van der Waals surface area contributed by atoms with E-state index in [-0.39, 0.29) is 11.6 Å². The summed E-state index contributed by atoms with van der Waals surface area (Å²) in [4.78, 5) is 0. The predicted molar refractivity (Wildman–Crippen MR) is 90.1 cm³/mol. The average Bonchev–Trinajstić information content (AvgIpc) is 2.51. The Balaban J connectivity index is 1.84. The van der Waals surface area contributed by atoms with Crippen molar-refractivity contribution in [3.63, 3.8) is 0 Å². The van der Waals surface area contributed by atoms with Crippen LogP contribution in [0.3, 0.4) is 0 Å². The molecule has 0 aromatic heterocycles. The van der Waals surface area contributed by atoms with Crippen molar-refractivity contribution in [3.05, 3.63) is 71.3 Å². The molecule has 0 spiro atoms. The first-order valence-corrected chi connectivity index (χ1v) is 7.85. The number of rotatable bonds is 7. The third-order valence-corrected chi connectivity index (χ3v) is 3.79. The lowest BCUT2D eigenvalue weighted by atomic mass is 10.0. The largest absolute Gasteiger partial charge is 0.311 e. The van der Waals surface area contributed by atoms with Gasteiger partial charge in [0.15, 0.2) is 11.6 Å². The second-order valence-corrected chi connectivity index (χ2v) is 6.51. The molecule has 2 rings (SSSR count). The van der Waals surface area contributed by atoms with Crippen molar-refractivity contribution in [2.24, 2.45) is 0 Å². The molecule has 4 heteroatoms. The van der Waals surface area contributed by atoms with Gasteiger partial charge < -0.3 is 10.6 Å². The molecule has 0 radical (unpaired) electrons. The van der Waals surface area contributed by atoms with Crippen LogP contribution < -0.4 is 10.6 Å². The summed E-state index contributed by atoms with van der Waals surface area (Å²) in [5, 5.41) is 6.88. The van der Waals surface area contributed by atoms with E-state index in [1.165, 1.54) is 11.6 Å². The zero-order valence-electron chi connectivity index (χ0n) is 13.9. The molecule has 0 amide bonds. The van der Waals surface area contributed by atoms with E-state index in [9.17, 15) is 8.78 Å². The number of benzene rings is 2. The topological polar surface area (TPSA) is 24.1 Å². The Hall–Kier alpha value is -1.78. The smallest absolute Gasteiger partial charge is 0.159 e. The van der Waals surface area contributed by atoms with Crippen LogP contribution in [0, 0.1) is 11.6 Å². The summed E-state index contributed by atoms with van der Waals surface area (Å²) in [5.74, 6) is -1.62. The molecule has 1 atom stereocenters. The van der Waals surface area contributed by atoms with Gasteiger partial charge in [-0.2, -0.15) is 0 Å². The van der Waals surface area contributed by atoms with Gasteiger partial charge in [0.1, 0.15) is 0 Å². The minimum Gasteiger partial charge on any atom is -0.311 e. The van der Waals surface area contributed by atoms with Crippen LogP contribution >= 0.6 is 0 Å². The lowest BCUT2D eigenvalue weighted by Gasteiger charge is -2.31. The fourth-order valence-electron chi connectivity index (χ4n) is 2.63. The first kappa shape index (κ1) is 17.6. The molecule has 0 fully saturated rings. The second-order valence-electron chi connectivity index (χ2n) is 6.51. The molecular formula is C19H24F2N2. The Morgan fingerprint density at radius 1 is 1.00 bits per heavy atom. The maximum Gasteiger partial charge on any atom is 0.159 e. The fraction of sp³-hybridized carbons (Fsp3) is 0.368. The molecule has 0 bridgehead atoms. The van der Waals surface area contributed by atoms with Crippen molar-refractivity contribution in [1.29, 1.82) is 0 Å². The van der Waals surface area contributed by atoms with E-state index in [0.717, 1.165) is 11.6 Å². The summed E-state index contributed by atoms with van der Waals surface area (Å²) in [5.41, 5.74) is 1.84. The van der Waals surface area contributed by atoms with Crippen molar-refractivity contribution < 1.29 is 8.78 Å². The van der Waals surface area contributed by atoms with Gasteiger partial charge in [0.2, 0.25) is 0 Å². The van der Waals surface area contributed by atoms with E-state index >= 15 is 0 Å². The van der Waals surface area contributed by atoms with E-state index in [1.807, 2.05) is 18.2 Å². The molecular weight excluding hydrogens is 294 g/mol. The highest BCUT2D eigenvalue weighted by Crippen LogP contribution is 2.16. The maximum atomic E-state index is 13.2. The Bertz CT molecular complexity index is 627. The van der Waals surface area contributed by atoms with Crippen LogP contribution in [0.15, 0.2) is 48.5 Å². The monoisotopic (exact) mass is 318 g/mol. The Labute approximate surface area is 136 Å². The molecule has 2 N–H and O–H groups in total. The zero-order chi connectivity index (χ0) is 16.9. The summed E-state index contributed by atoms with van der Waals surface area (Å²) in [6, 6.07) is 14.5. The highest BCUT2D eigenvalue weighted by atomic mass is 19.2. The van der Waals surface area contributed by atoms with Gasteiger partial charge in [0, 0.05) is 24.7 Å². The third-order valence-electron chi connectivity index (χ3n) is 3.79. The molecule has 0 heterocycles. The number of halogens is 2. The van der Waals surface area contributed by atoms with E-state index in [4.69, 9.17) is 0 Å². The van der Waals surface area contributed by atoms with E-state index in [2.05, 4.69) is 43.5 Å². The molecule has 0 saturated heterocycles. The number of nitrogens with one attached hydrogen (secondary N) is 2. The van der Waals surface area contributed by atoms with Crippen LogP contribution in [0.1, 0.15) is 37.9 Å². The van der Waals surface area contributed by atoms with Gasteiger partial charge in [0.25, 0.3) is 0 Å². The average molecular weight is 318 g/mol. The van der Waals surface area contributed by atoms with Crippen molar-refractivity contribution in [2.75, 3.05) is 6.54 Å². The van der Waals surface area contributed by atoms with Crippen LogP contribution in [-0.2, 0) is 6.54 Å². The molecule has 0 unspecified atom stereocenters. The lowest BCUT2D eigenvalue weighted by molar-refractivity contribution is 0.330. The second kappa shape index (κ2) is 7.66. The molecule has 23 heavy (non-hydrogen) atoms. The SMILES string of the molecule is C[C@@H](NC(C)(C)CNCc1ccc(F)c(F)c1)c1ccccc1. The van der Waals surface area contributed by atoms with Gasteiger partial charge in [-0.3, -0.25) is 0 Å². The van der Waals surface area contributed by atoms with Gasteiger partial charge in [-0.25, -0.2) is 8.78 Å². The predicted octanol–water partition coefficient (Wildman–Crippen LogP) is 4.18. The molecule has 2 nitrogen and oxygen atoms in total. The summed E-state index contributed by atoms with van der Waals surface area (Å²) < 4.78 is 26.1. The van der Waals surface area contributed by atoms with Crippen LogP contribution in [0.4, 0.5) is 8.78 Å². The normalized spacial score (nSPS) is 13.1. The summed E-state index contributed by atoms with van der Waals surface area (Å²) in [6.45, 7) is 7.58. The minimum atomic E-state index is -0.813. The third kappa shape index (κ3) is 5.41. The first-order valence-electron chi connectivity index (χ1n) is 7.85. The van der Waals surface area contributed by atoms with Gasteiger partial charge >= 0.3 is 0 Å². The van der Waals surface area contributed by atoms with Crippen molar-refractivity contribution in [2.45, 2.75) is 38.9 Å². The lowest BCUT2D eigenvalue weighted by Crippen LogP contribution is -2.48. The minimum absolute atomic E-state index is 0.131. The molecule has 0 saturated carbocycles. The van der Waals surface area contributed by atoms with Crippen LogP contribution in [0.25, 0.3) is 0 Å². The van der Waals surface area contributed by atoms with Crippen LogP contribution in [-0.4, -0.2) is 12.1 Å². The van der Waals surface area contributed by atoms with Crippen molar-refractivity contribution in [3.8, 4) is 0 Å². The van der Waals surface area contributed by atoms with Gasteiger partial charge in [-0.15, -0.1) is 0 Å². The molecule has 0 aliphatic rings. The first-order chi connectivity index (χ1) is 10.9. The van der Waals surface area contributed by atoms with Crippen molar-refractivity contribution >= 4 is 0 Å². The van der Waals surface area contributed by atoms with Gasteiger partial charge in [-0.05, 0) is 44.0 Å². The van der Waals surface area contributed by atoms with Gasteiger partial charge in [-0.1, -0.05) is 36.4 Å². The molecule has 2 aromatic carbocycles. The molecule has 2 aromatic rings. The Morgan fingerprint density at radius 3 is 2.35 bits per heavy atom. The Morgan fingerprint density at radius 2 is 1.70 bits per heavy atom. The van der Waals surface area contributed by atoms with Crippen LogP contribution in [0.5, 0.6) is 0 Å². The summed E-state index contributed by atoms with van der Waals surface area (Å²) >= 11 is 0. The summed E-state index contributed by atoms with van der Waals surface area (Å²) in [7, 11) is 0. The molecule has 0 aliphatic heterocycles. The number of hydrogen-bond donors (Lipinski definition) is 2. The highest BCUT2D eigenvalue weighted by Gasteiger charge is 2.20. The van der Waals surface area contributed by atoms with Gasteiger partial charge in [0.05, 0.1) is 0 Å². The maximum absolute atomic E-state index is 13.2. The van der Waals surface area contributed by atoms with E-state index < -0.39 is 11.6 Å². The van der Waals surface area contributed by atoms with E-state index in [0.29, 0.717) is 13.1 Å². The number of hydrogen-bond acceptors (Lipinski definition) is 2. The van der Waals surface area contributed by atoms with Crippen LogP contribution in [0.2, 0.25) is 0 Å². The quantitative estimate of drug-likeness (QED) is 0.800. The Kier molecular flexibility index (Phi) is 5.85. The molecule has 0 aliphatic carbocycles.